The molecule has 0 spiro atoms. The lowest BCUT2D eigenvalue weighted by molar-refractivity contribution is -0.120. The maximum Gasteiger partial charge on any atom is 0.387 e. The van der Waals surface area contributed by atoms with E-state index in [0.29, 0.717) is 5.02 Å². The predicted octanol–water partition coefficient (Wildman–Crippen LogP) is 5.30. The standard InChI is InChI=1S/C18H18ClF2NO2S/c1-11(13-7-9-14(10-8-13)24-18(20)21)22-17(23)12(2)25-16-6-4-3-5-15(16)19/h3-12,18H,1-2H3,(H,22,23). The molecule has 0 radical (unpaired) electrons. The number of thioether (sulfide) groups is 1. The molecule has 1 amide bonds. The fourth-order valence-corrected chi connectivity index (χ4v) is 3.30. The molecule has 0 aliphatic rings. The van der Waals surface area contributed by atoms with Crippen molar-refractivity contribution < 1.29 is 18.3 Å². The Kier molecular flexibility index (Phi) is 7.08. The molecule has 2 rings (SSSR count). The summed E-state index contributed by atoms with van der Waals surface area (Å²) >= 11 is 7.49. The first-order valence-corrected chi connectivity index (χ1v) is 8.89. The van der Waals surface area contributed by atoms with E-state index >= 15 is 0 Å². The lowest BCUT2D eigenvalue weighted by atomic mass is 10.1. The minimum atomic E-state index is -2.86. The van der Waals surface area contributed by atoms with Gasteiger partial charge < -0.3 is 10.1 Å². The van der Waals surface area contributed by atoms with Gasteiger partial charge in [-0.25, -0.2) is 0 Å². The van der Waals surface area contributed by atoms with Gasteiger partial charge in [-0.1, -0.05) is 35.9 Å². The number of hydrogen-bond acceptors (Lipinski definition) is 3. The van der Waals surface area contributed by atoms with E-state index in [1.807, 2.05) is 25.1 Å². The summed E-state index contributed by atoms with van der Waals surface area (Å²) in [5, 5.41) is 3.18. The molecule has 25 heavy (non-hydrogen) atoms. The van der Waals surface area contributed by atoms with E-state index in [1.165, 1.54) is 23.9 Å². The molecular formula is C18H18ClF2NO2S. The van der Waals surface area contributed by atoms with Crippen LogP contribution in [0.15, 0.2) is 53.4 Å². The first-order valence-electron chi connectivity index (χ1n) is 7.63. The molecule has 0 aromatic heterocycles. The lowest BCUT2D eigenvalue weighted by Crippen LogP contribution is -2.33. The zero-order valence-electron chi connectivity index (χ0n) is 13.7. The van der Waals surface area contributed by atoms with Crippen molar-refractivity contribution in [1.82, 2.24) is 5.32 Å². The molecule has 0 aliphatic carbocycles. The van der Waals surface area contributed by atoms with Crippen LogP contribution in [0, 0.1) is 0 Å². The maximum absolute atomic E-state index is 12.4. The van der Waals surface area contributed by atoms with E-state index < -0.39 is 6.61 Å². The molecule has 2 aromatic carbocycles. The second kappa shape index (κ2) is 9.06. The van der Waals surface area contributed by atoms with E-state index in [1.54, 1.807) is 25.1 Å². The van der Waals surface area contributed by atoms with Crippen molar-refractivity contribution in [2.24, 2.45) is 0 Å². The van der Waals surface area contributed by atoms with Gasteiger partial charge in [0, 0.05) is 4.90 Å². The van der Waals surface area contributed by atoms with Crippen LogP contribution in [0.4, 0.5) is 8.78 Å². The van der Waals surface area contributed by atoms with Gasteiger partial charge >= 0.3 is 6.61 Å². The third-order valence-electron chi connectivity index (χ3n) is 3.47. The molecule has 0 heterocycles. The Hall–Kier alpha value is -1.79. The maximum atomic E-state index is 12.4. The van der Waals surface area contributed by atoms with Crippen molar-refractivity contribution >= 4 is 29.3 Å². The van der Waals surface area contributed by atoms with Crippen molar-refractivity contribution in [3.05, 3.63) is 59.1 Å². The Labute approximate surface area is 154 Å². The smallest absolute Gasteiger partial charge is 0.387 e. The number of halogens is 3. The summed E-state index contributed by atoms with van der Waals surface area (Å²) < 4.78 is 28.6. The second-order valence-corrected chi connectivity index (χ2v) is 7.16. The van der Waals surface area contributed by atoms with Gasteiger partial charge in [0.1, 0.15) is 5.75 Å². The normalized spacial score (nSPS) is 13.4. The average molecular weight is 386 g/mol. The summed E-state index contributed by atoms with van der Waals surface area (Å²) in [5.41, 5.74) is 0.796. The molecule has 3 nitrogen and oxygen atoms in total. The summed E-state index contributed by atoms with van der Waals surface area (Å²) in [5.74, 6) is -0.0507. The Morgan fingerprint density at radius 2 is 1.76 bits per heavy atom. The Morgan fingerprint density at radius 3 is 2.36 bits per heavy atom. The zero-order chi connectivity index (χ0) is 18.4. The van der Waals surface area contributed by atoms with Crippen LogP contribution >= 0.6 is 23.4 Å². The van der Waals surface area contributed by atoms with Gasteiger partial charge in [-0.05, 0) is 43.7 Å². The Balaban J connectivity index is 1.93. The van der Waals surface area contributed by atoms with Crippen LogP contribution in [0.25, 0.3) is 0 Å². The first-order chi connectivity index (χ1) is 11.9. The van der Waals surface area contributed by atoms with Crippen LogP contribution in [-0.2, 0) is 4.79 Å². The fraction of sp³-hybridized carbons (Fsp3) is 0.278. The molecule has 0 aliphatic heterocycles. The second-order valence-electron chi connectivity index (χ2n) is 5.37. The number of ether oxygens (including phenoxy) is 1. The summed E-state index contributed by atoms with van der Waals surface area (Å²) in [7, 11) is 0. The molecule has 2 atom stereocenters. The number of hydrogen-bond donors (Lipinski definition) is 1. The van der Waals surface area contributed by atoms with Crippen LogP contribution in [0.3, 0.4) is 0 Å². The van der Waals surface area contributed by atoms with Gasteiger partial charge in [0.05, 0.1) is 16.3 Å². The number of carbonyl (C=O) groups excluding carboxylic acids is 1. The van der Waals surface area contributed by atoms with E-state index in [9.17, 15) is 13.6 Å². The van der Waals surface area contributed by atoms with Crippen molar-refractivity contribution in [3.63, 3.8) is 0 Å². The third-order valence-corrected chi connectivity index (χ3v) is 5.09. The molecular weight excluding hydrogens is 368 g/mol. The zero-order valence-corrected chi connectivity index (χ0v) is 15.3. The quantitative estimate of drug-likeness (QED) is 0.657. The van der Waals surface area contributed by atoms with Crippen LogP contribution in [0.1, 0.15) is 25.5 Å². The van der Waals surface area contributed by atoms with Gasteiger partial charge in [-0.2, -0.15) is 8.78 Å². The van der Waals surface area contributed by atoms with E-state index in [4.69, 9.17) is 11.6 Å². The molecule has 1 N–H and O–H groups in total. The highest BCUT2D eigenvalue weighted by Gasteiger charge is 2.18. The van der Waals surface area contributed by atoms with Crippen LogP contribution in [0.2, 0.25) is 5.02 Å². The van der Waals surface area contributed by atoms with Gasteiger partial charge in [0.25, 0.3) is 0 Å². The van der Waals surface area contributed by atoms with Gasteiger partial charge in [0.15, 0.2) is 0 Å². The van der Waals surface area contributed by atoms with Gasteiger partial charge in [0.2, 0.25) is 5.91 Å². The molecule has 2 aromatic rings. The summed E-state index contributed by atoms with van der Waals surface area (Å²) in [6.45, 7) is 0.772. The Morgan fingerprint density at radius 1 is 1.12 bits per heavy atom. The molecule has 0 fully saturated rings. The number of rotatable bonds is 7. The van der Waals surface area contributed by atoms with Crippen LogP contribution < -0.4 is 10.1 Å². The molecule has 0 saturated heterocycles. The third kappa shape index (κ3) is 5.90. The predicted molar refractivity (Wildman–Crippen MR) is 96.4 cm³/mol. The number of amides is 1. The van der Waals surface area contributed by atoms with Crippen molar-refractivity contribution in [2.45, 2.75) is 36.6 Å². The van der Waals surface area contributed by atoms with Crippen LogP contribution in [-0.4, -0.2) is 17.8 Å². The fourth-order valence-electron chi connectivity index (χ4n) is 2.14. The summed E-state index contributed by atoms with van der Waals surface area (Å²) in [6, 6.07) is 13.3. The highest BCUT2D eigenvalue weighted by Crippen LogP contribution is 2.30. The number of nitrogens with one attached hydrogen (secondary N) is 1. The Bertz CT molecular complexity index is 712. The SMILES string of the molecule is CC(Sc1ccccc1Cl)C(=O)NC(C)c1ccc(OC(F)F)cc1. The monoisotopic (exact) mass is 385 g/mol. The summed E-state index contributed by atoms with van der Waals surface area (Å²) in [6.07, 6.45) is 0. The van der Waals surface area contributed by atoms with E-state index in [0.717, 1.165) is 10.5 Å². The largest absolute Gasteiger partial charge is 0.435 e. The first kappa shape index (κ1) is 19.5. The van der Waals surface area contributed by atoms with E-state index in [2.05, 4.69) is 10.1 Å². The minimum absolute atomic E-state index is 0.0833. The van der Waals surface area contributed by atoms with Crippen molar-refractivity contribution in [3.8, 4) is 5.75 Å². The van der Waals surface area contributed by atoms with Gasteiger partial charge in [-0.3, -0.25) is 4.79 Å². The van der Waals surface area contributed by atoms with Crippen molar-refractivity contribution in [1.29, 1.82) is 0 Å². The van der Waals surface area contributed by atoms with Crippen LogP contribution in [0.5, 0.6) is 5.75 Å². The molecule has 134 valence electrons. The highest BCUT2D eigenvalue weighted by atomic mass is 35.5. The van der Waals surface area contributed by atoms with Gasteiger partial charge in [-0.15, -0.1) is 11.8 Å². The number of alkyl halides is 2. The molecule has 7 heteroatoms. The molecule has 0 saturated carbocycles. The summed E-state index contributed by atoms with van der Waals surface area (Å²) in [4.78, 5) is 13.2. The molecule has 2 unspecified atom stereocenters. The lowest BCUT2D eigenvalue weighted by Gasteiger charge is -2.18. The number of benzene rings is 2. The van der Waals surface area contributed by atoms with E-state index in [-0.39, 0.29) is 22.9 Å². The molecule has 0 bridgehead atoms. The van der Waals surface area contributed by atoms with Crippen molar-refractivity contribution in [2.75, 3.05) is 0 Å². The average Bonchev–Trinajstić information content (AvgIpc) is 2.56. The topological polar surface area (TPSA) is 38.3 Å². The minimum Gasteiger partial charge on any atom is -0.435 e. The highest BCUT2D eigenvalue weighted by molar-refractivity contribution is 8.00. The number of carbonyl (C=O) groups is 1.